The van der Waals surface area contributed by atoms with Crippen LogP contribution in [-0.4, -0.2) is 33.7 Å². The summed E-state index contributed by atoms with van der Waals surface area (Å²) in [6, 6.07) is 0.0585. The number of hydrogen-bond donors (Lipinski definition) is 0. The third-order valence-corrected chi connectivity index (χ3v) is 5.68. The van der Waals surface area contributed by atoms with Crippen molar-refractivity contribution in [2.24, 2.45) is 0 Å². The fraction of sp³-hybridized carbons (Fsp3) is 0.500. The highest BCUT2D eigenvalue weighted by Gasteiger charge is 2.35. The van der Waals surface area contributed by atoms with Gasteiger partial charge in [0, 0.05) is 17.5 Å². The summed E-state index contributed by atoms with van der Waals surface area (Å²) in [5.74, 6) is 0.814. The smallest absolute Gasteiger partial charge is 0.273 e. The SMILES string of the molecule is CSc1nc(C(=O)N2CCC[C@H]2c2c(C)noc2C)cs1. The van der Waals surface area contributed by atoms with Crippen LogP contribution in [0.5, 0.6) is 0 Å². The zero-order valence-corrected chi connectivity index (χ0v) is 13.9. The summed E-state index contributed by atoms with van der Waals surface area (Å²) in [6.45, 7) is 4.60. The Morgan fingerprint density at radius 3 is 2.95 bits per heavy atom. The molecule has 5 nitrogen and oxygen atoms in total. The molecule has 0 aromatic carbocycles. The van der Waals surface area contributed by atoms with Crippen molar-refractivity contribution in [2.45, 2.75) is 37.1 Å². The van der Waals surface area contributed by atoms with Crippen molar-refractivity contribution in [3.05, 3.63) is 28.1 Å². The Morgan fingerprint density at radius 2 is 2.33 bits per heavy atom. The lowest BCUT2D eigenvalue weighted by Gasteiger charge is -2.23. The first-order valence-corrected chi connectivity index (χ1v) is 8.95. The molecule has 0 bridgehead atoms. The number of thioether (sulfide) groups is 1. The molecule has 0 unspecified atom stereocenters. The number of hydrogen-bond acceptors (Lipinski definition) is 6. The van der Waals surface area contributed by atoms with Crippen molar-refractivity contribution in [1.82, 2.24) is 15.0 Å². The van der Waals surface area contributed by atoms with Gasteiger partial charge in [0.25, 0.3) is 5.91 Å². The first-order chi connectivity index (χ1) is 10.1. The minimum Gasteiger partial charge on any atom is -0.361 e. The summed E-state index contributed by atoms with van der Waals surface area (Å²) in [5, 5.41) is 5.86. The van der Waals surface area contributed by atoms with Crippen molar-refractivity contribution < 1.29 is 9.32 Å². The quantitative estimate of drug-likeness (QED) is 0.810. The third-order valence-electron chi connectivity index (χ3n) is 3.81. The number of thiazole rings is 1. The molecule has 1 amide bonds. The highest BCUT2D eigenvalue weighted by molar-refractivity contribution is 8.00. The van der Waals surface area contributed by atoms with Crippen LogP contribution < -0.4 is 0 Å². The first-order valence-electron chi connectivity index (χ1n) is 6.85. The molecule has 0 radical (unpaired) electrons. The molecule has 112 valence electrons. The van der Waals surface area contributed by atoms with Gasteiger partial charge >= 0.3 is 0 Å². The van der Waals surface area contributed by atoms with Crippen LogP contribution in [-0.2, 0) is 0 Å². The summed E-state index contributed by atoms with van der Waals surface area (Å²) < 4.78 is 6.18. The molecular formula is C14H17N3O2S2. The van der Waals surface area contributed by atoms with Crippen molar-refractivity contribution in [3.63, 3.8) is 0 Å². The van der Waals surface area contributed by atoms with Crippen LogP contribution >= 0.6 is 23.1 Å². The number of amides is 1. The predicted molar refractivity (Wildman–Crippen MR) is 82.9 cm³/mol. The van der Waals surface area contributed by atoms with Crippen molar-refractivity contribution in [2.75, 3.05) is 12.8 Å². The molecule has 1 fully saturated rings. The van der Waals surface area contributed by atoms with E-state index in [-0.39, 0.29) is 11.9 Å². The zero-order valence-electron chi connectivity index (χ0n) is 12.3. The van der Waals surface area contributed by atoms with E-state index in [0.717, 1.165) is 40.7 Å². The third kappa shape index (κ3) is 2.60. The zero-order chi connectivity index (χ0) is 15.0. The van der Waals surface area contributed by atoms with E-state index in [9.17, 15) is 4.79 Å². The summed E-state index contributed by atoms with van der Waals surface area (Å²) in [4.78, 5) is 19.0. The van der Waals surface area contributed by atoms with Gasteiger partial charge in [0.2, 0.25) is 0 Å². The minimum absolute atomic E-state index is 0.00838. The maximum Gasteiger partial charge on any atom is 0.273 e. The van der Waals surface area contributed by atoms with Crippen molar-refractivity contribution >= 4 is 29.0 Å². The predicted octanol–water partition coefficient (Wildman–Crippen LogP) is 3.45. The second-order valence-corrected chi connectivity index (χ2v) is 7.01. The number of rotatable bonds is 3. The van der Waals surface area contributed by atoms with Gasteiger partial charge in [-0.2, -0.15) is 0 Å². The van der Waals surface area contributed by atoms with E-state index in [1.165, 1.54) is 11.3 Å². The topological polar surface area (TPSA) is 59.2 Å². The number of carbonyl (C=O) groups excluding carboxylic acids is 1. The van der Waals surface area contributed by atoms with Crippen LogP contribution in [0.1, 0.15) is 46.4 Å². The van der Waals surface area contributed by atoms with Gasteiger partial charge in [0.1, 0.15) is 15.8 Å². The summed E-state index contributed by atoms with van der Waals surface area (Å²) in [6.07, 6.45) is 3.92. The lowest BCUT2D eigenvalue weighted by atomic mass is 10.0. The molecule has 2 aromatic heterocycles. The Labute approximate surface area is 131 Å². The normalized spacial score (nSPS) is 18.4. The Morgan fingerprint density at radius 1 is 1.52 bits per heavy atom. The van der Waals surface area contributed by atoms with E-state index < -0.39 is 0 Å². The van der Waals surface area contributed by atoms with Gasteiger partial charge in [-0.05, 0) is 32.9 Å². The summed E-state index contributed by atoms with van der Waals surface area (Å²) in [7, 11) is 0. The fourth-order valence-corrected chi connectivity index (χ4v) is 4.11. The van der Waals surface area contributed by atoms with Gasteiger partial charge in [0.05, 0.1) is 11.7 Å². The second kappa shape index (κ2) is 5.81. The number of likely N-dealkylation sites (tertiary alicyclic amines) is 1. The number of nitrogens with zero attached hydrogens (tertiary/aromatic N) is 3. The van der Waals surface area contributed by atoms with Crippen molar-refractivity contribution in [3.8, 4) is 0 Å². The Hall–Kier alpha value is -1.34. The van der Waals surface area contributed by atoms with Gasteiger partial charge in [0.15, 0.2) is 0 Å². The molecule has 1 aliphatic heterocycles. The molecule has 3 heterocycles. The molecule has 7 heteroatoms. The Kier molecular flexibility index (Phi) is 4.03. The molecule has 1 atom stereocenters. The van der Waals surface area contributed by atoms with Crippen LogP contribution in [0, 0.1) is 13.8 Å². The maximum atomic E-state index is 12.7. The second-order valence-electron chi connectivity index (χ2n) is 5.10. The Balaban J connectivity index is 1.89. The lowest BCUT2D eigenvalue weighted by molar-refractivity contribution is 0.0729. The average molecular weight is 323 g/mol. The summed E-state index contributed by atoms with van der Waals surface area (Å²) in [5.41, 5.74) is 2.48. The lowest BCUT2D eigenvalue weighted by Crippen LogP contribution is -2.31. The molecule has 3 rings (SSSR count). The molecular weight excluding hydrogens is 306 g/mol. The average Bonchev–Trinajstić information content (AvgIpc) is 3.18. The van der Waals surface area contributed by atoms with Crippen LogP contribution in [0.2, 0.25) is 0 Å². The van der Waals surface area contributed by atoms with E-state index in [1.54, 1.807) is 11.8 Å². The molecule has 1 saturated heterocycles. The van der Waals surface area contributed by atoms with Gasteiger partial charge in [-0.3, -0.25) is 4.79 Å². The standard InChI is InChI=1S/C14H17N3O2S2/c1-8-12(9(2)19-16-8)11-5-4-6-17(11)13(18)10-7-21-14(15-10)20-3/h7,11H,4-6H2,1-3H3/t11-/m0/s1. The largest absolute Gasteiger partial charge is 0.361 e. The van der Waals surface area contributed by atoms with E-state index in [4.69, 9.17) is 4.52 Å². The highest BCUT2D eigenvalue weighted by Crippen LogP contribution is 2.36. The van der Waals surface area contributed by atoms with Crippen molar-refractivity contribution in [1.29, 1.82) is 0 Å². The van der Waals surface area contributed by atoms with Crippen LogP contribution in [0.15, 0.2) is 14.2 Å². The monoisotopic (exact) mass is 323 g/mol. The van der Waals surface area contributed by atoms with Gasteiger partial charge in [-0.25, -0.2) is 4.98 Å². The van der Waals surface area contributed by atoms with E-state index in [1.807, 2.05) is 30.4 Å². The number of aryl methyl sites for hydroxylation is 2. The van der Waals surface area contributed by atoms with E-state index in [0.29, 0.717) is 5.69 Å². The van der Waals surface area contributed by atoms with Crippen LogP contribution in [0.4, 0.5) is 0 Å². The molecule has 2 aromatic rings. The molecule has 0 aliphatic carbocycles. The molecule has 21 heavy (non-hydrogen) atoms. The van der Waals surface area contributed by atoms with E-state index in [2.05, 4.69) is 10.1 Å². The molecule has 1 aliphatic rings. The van der Waals surface area contributed by atoms with Gasteiger partial charge in [-0.15, -0.1) is 11.3 Å². The van der Waals surface area contributed by atoms with Gasteiger partial charge < -0.3 is 9.42 Å². The highest BCUT2D eigenvalue weighted by atomic mass is 32.2. The minimum atomic E-state index is 0.00838. The maximum absolute atomic E-state index is 12.7. The Bertz CT molecular complexity index is 645. The fourth-order valence-electron chi connectivity index (χ4n) is 2.87. The summed E-state index contributed by atoms with van der Waals surface area (Å²) >= 11 is 3.08. The van der Waals surface area contributed by atoms with Crippen LogP contribution in [0.3, 0.4) is 0 Å². The number of carbonyl (C=O) groups is 1. The first kappa shape index (κ1) is 14.6. The van der Waals surface area contributed by atoms with Gasteiger partial charge in [-0.1, -0.05) is 16.9 Å². The molecule has 0 N–H and O–H groups in total. The molecule has 0 saturated carbocycles. The van der Waals surface area contributed by atoms with E-state index >= 15 is 0 Å². The van der Waals surface area contributed by atoms with Crippen LogP contribution in [0.25, 0.3) is 0 Å². The number of aromatic nitrogens is 2. The molecule has 0 spiro atoms.